The molecule has 2 aromatic carbocycles. The number of aromatic nitrogens is 3. The van der Waals surface area contributed by atoms with Crippen molar-refractivity contribution in [2.75, 3.05) is 32.1 Å². The first-order valence-corrected chi connectivity index (χ1v) is 10.3. The second-order valence-corrected chi connectivity index (χ2v) is 8.42. The molecule has 4 aromatic rings. The fraction of sp³-hybridized carbons (Fsp3) is 0.273. The van der Waals surface area contributed by atoms with Crippen LogP contribution in [0.5, 0.6) is 0 Å². The highest BCUT2D eigenvalue weighted by Crippen LogP contribution is 2.33. The monoisotopic (exact) mass is 441 g/mol. The van der Waals surface area contributed by atoms with E-state index in [1.165, 1.54) is 11.1 Å². The van der Waals surface area contributed by atoms with Gasteiger partial charge in [-0.05, 0) is 63.3 Å². The standard InChI is InChI=1S/C22H23N5OS.ClH/c1-14-11-15(2)20-19(12-14)25-22(29-20)27(10-9-26(3)4)21(28)16-5-6-17-18(13-16)24-8-7-23-17;/h5-8,11-13H,9-10H2,1-4H3;1H. The molecule has 0 aliphatic carbocycles. The summed E-state index contributed by atoms with van der Waals surface area (Å²) in [6, 6.07) is 9.67. The van der Waals surface area contributed by atoms with Crippen LogP contribution < -0.4 is 4.90 Å². The summed E-state index contributed by atoms with van der Waals surface area (Å²) in [7, 11) is 4.00. The molecule has 0 aliphatic heterocycles. The fourth-order valence-electron chi connectivity index (χ4n) is 3.32. The molecule has 0 spiro atoms. The minimum Gasteiger partial charge on any atom is -0.308 e. The Morgan fingerprint density at radius 2 is 1.70 bits per heavy atom. The normalized spacial score (nSPS) is 11.1. The molecule has 30 heavy (non-hydrogen) atoms. The van der Waals surface area contributed by atoms with Crippen LogP contribution in [0.1, 0.15) is 21.5 Å². The van der Waals surface area contributed by atoms with Crippen LogP contribution in [0.15, 0.2) is 42.7 Å². The predicted octanol–water partition coefficient (Wildman–Crippen LogP) is 4.49. The van der Waals surface area contributed by atoms with E-state index in [2.05, 4.69) is 40.8 Å². The van der Waals surface area contributed by atoms with Crippen LogP contribution in [0, 0.1) is 13.8 Å². The molecule has 0 aliphatic rings. The van der Waals surface area contributed by atoms with E-state index in [1.54, 1.807) is 34.7 Å². The third-order valence-electron chi connectivity index (χ3n) is 4.77. The van der Waals surface area contributed by atoms with Gasteiger partial charge in [0.1, 0.15) is 0 Å². The predicted molar refractivity (Wildman–Crippen MR) is 126 cm³/mol. The van der Waals surface area contributed by atoms with Crippen LogP contribution in [0.25, 0.3) is 21.3 Å². The molecule has 0 fully saturated rings. The molecule has 1 amide bonds. The zero-order valence-electron chi connectivity index (χ0n) is 17.4. The molecule has 0 unspecified atom stereocenters. The van der Waals surface area contributed by atoms with Gasteiger partial charge in [0.2, 0.25) is 0 Å². The van der Waals surface area contributed by atoms with Crippen molar-refractivity contribution in [2.45, 2.75) is 13.8 Å². The molecular weight excluding hydrogens is 418 g/mol. The average Bonchev–Trinajstić information content (AvgIpc) is 3.11. The number of halogens is 1. The SMILES string of the molecule is Cc1cc(C)c2sc(N(CCN(C)C)C(=O)c3ccc4nccnc4c3)nc2c1.Cl. The topological polar surface area (TPSA) is 62.2 Å². The minimum absolute atomic E-state index is 0. The zero-order valence-corrected chi connectivity index (χ0v) is 19.0. The van der Waals surface area contributed by atoms with Crippen molar-refractivity contribution in [1.29, 1.82) is 0 Å². The van der Waals surface area contributed by atoms with Crippen LogP contribution in [-0.4, -0.2) is 52.9 Å². The molecule has 2 aromatic heterocycles. The van der Waals surface area contributed by atoms with Crippen molar-refractivity contribution in [2.24, 2.45) is 0 Å². The van der Waals surface area contributed by atoms with Crippen LogP contribution >= 0.6 is 23.7 Å². The number of carbonyl (C=O) groups is 1. The summed E-state index contributed by atoms with van der Waals surface area (Å²) in [6.07, 6.45) is 3.29. The molecule has 0 bridgehead atoms. The van der Waals surface area contributed by atoms with E-state index in [9.17, 15) is 4.79 Å². The average molecular weight is 442 g/mol. The maximum Gasteiger partial charge on any atom is 0.260 e. The number of carbonyl (C=O) groups excluding carboxylic acids is 1. The number of likely N-dealkylation sites (N-methyl/N-ethyl adjacent to an activating group) is 1. The van der Waals surface area contributed by atoms with Crippen LogP contribution in [0.2, 0.25) is 0 Å². The highest BCUT2D eigenvalue weighted by atomic mass is 35.5. The molecular formula is C22H24ClN5OS. The third-order valence-corrected chi connectivity index (χ3v) is 6.00. The van der Waals surface area contributed by atoms with Gasteiger partial charge < -0.3 is 4.90 Å². The van der Waals surface area contributed by atoms with Gasteiger partial charge in [-0.2, -0.15) is 0 Å². The van der Waals surface area contributed by atoms with Gasteiger partial charge in [0.05, 0.1) is 21.3 Å². The molecule has 0 saturated carbocycles. The summed E-state index contributed by atoms with van der Waals surface area (Å²) in [5.41, 5.74) is 5.37. The van der Waals surface area contributed by atoms with Gasteiger partial charge in [-0.25, -0.2) is 4.98 Å². The summed E-state index contributed by atoms with van der Waals surface area (Å²) in [5.74, 6) is -0.0761. The molecule has 156 valence electrons. The summed E-state index contributed by atoms with van der Waals surface area (Å²) in [6.45, 7) is 5.46. The Hall–Kier alpha value is -2.61. The Labute approximate surface area is 186 Å². The number of hydrogen-bond acceptors (Lipinski definition) is 6. The first kappa shape index (κ1) is 22.1. The van der Waals surface area contributed by atoms with Gasteiger partial charge in [-0.3, -0.25) is 19.7 Å². The second kappa shape index (κ2) is 9.04. The van der Waals surface area contributed by atoms with Crippen molar-refractivity contribution >= 4 is 56.0 Å². The quantitative estimate of drug-likeness (QED) is 0.456. The first-order valence-electron chi connectivity index (χ1n) is 9.47. The summed E-state index contributed by atoms with van der Waals surface area (Å²) in [4.78, 5) is 30.7. The van der Waals surface area contributed by atoms with E-state index >= 15 is 0 Å². The van der Waals surface area contributed by atoms with Gasteiger partial charge in [-0.1, -0.05) is 17.4 Å². The summed E-state index contributed by atoms with van der Waals surface area (Å²) < 4.78 is 1.12. The molecule has 0 N–H and O–H groups in total. The fourth-order valence-corrected chi connectivity index (χ4v) is 4.36. The Bertz CT molecular complexity index is 1210. The minimum atomic E-state index is -0.0761. The molecule has 4 rings (SSSR count). The number of benzene rings is 2. The Balaban J connectivity index is 0.00000256. The van der Waals surface area contributed by atoms with Gasteiger partial charge in [0.25, 0.3) is 5.91 Å². The molecule has 2 heterocycles. The second-order valence-electron chi connectivity index (χ2n) is 7.45. The lowest BCUT2D eigenvalue weighted by molar-refractivity contribution is 0.0985. The lowest BCUT2D eigenvalue weighted by Gasteiger charge is -2.22. The largest absolute Gasteiger partial charge is 0.308 e. The Kier molecular flexibility index (Phi) is 6.65. The van der Waals surface area contributed by atoms with E-state index < -0.39 is 0 Å². The third kappa shape index (κ3) is 4.43. The maximum atomic E-state index is 13.5. The number of thiazole rings is 1. The molecule has 0 radical (unpaired) electrons. The number of anilines is 1. The van der Waals surface area contributed by atoms with Crippen molar-refractivity contribution < 1.29 is 4.79 Å². The number of nitrogens with zero attached hydrogens (tertiary/aromatic N) is 5. The lowest BCUT2D eigenvalue weighted by atomic mass is 10.1. The summed E-state index contributed by atoms with van der Waals surface area (Å²) in [5, 5.41) is 0.722. The number of aryl methyl sites for hydroxylation is 2. The first-order chi connectivity index (χ1) is 13.9. The molecule has 8 heteroatoms. The lowest BCUT2D eigenvalue weighted by Crippen LogP contribution is -2.36. The number of amides is 1. The van der Waals surface area contributed by atoms with Gasteiger partial charge >= 0.3 is 0 Å². The summed E-state index contributed by atoms with van der Waals surface area (Å²) >= 11 is 1.57. The highest BCUT2D eigenvalue weighted by Gasteiger charge is 2.22. The van der Waals surface area contributed by atoms with Crippen molar-refractivity contribution in [3.8, 4) is 0 Å². The maximum absolute atomic E-state index is 13.5. The van der Waals surface area contributed by atoms with E-state index in [-0.39, 0.29) is 18.3 Å². The smallest absolute Gasteiger partial charge is 0.260 e. The Morgan fingerprint density at radius 1 is 0.967 bits per heavy atom. The van der Waals surface area contributed by atoms with Crippen LogP contribution in [0.3, 0.4) is 0 Å². The Morgan fingerprint density at radius 3 is 2.43 bits per heavy atom. The molecule has 0 saturated heterocycles. The van der Waals surface area contributed by atoms with Crippen molar-refractivity contribution in [1.82, 2.24) is 19.9 Å². The highest BCUT2D eigenvalue weighted by molar-refractivity contribution is 7.22. The molecule has 0 atom stereocenters. The van der Waals surface area contributed by atoms with Gasteiger partial charge in [-0.15, -0.1) is 12.4 Å². The van der Waals surface area contributed by atoms with E-state index in [0.29, 0.717) is 17.6 Å². The van der Waals surface area contributed by atoms with Gasteiger partial charge in [0.15, 0.2) is 5.13 Å². The van der Waals surface area contributed by atoms with Crippen LogP contribution in [0.4, 0.5) is 5.13 Å². The van der Waals surface area contributed by atoms with Crippen LogP contribution in [-0.2, 0) is 0 Å². The van der Waals surface area contributed by atoms with E-state index in [1.807, 2.05) is 26.2 Å². The number of hydrogen-bond donors (Lipinski definition) is 0. The number of fused-ring (bicyclic) bond motifs is 2. The van der Waals surface area contributed by atoms with Gasteiger partial charge in [0, 0.05) is 31.0 Å². The van der Waals surface area contributed by atoms with E-state index in [4.69, 9.17) is 4.98 Å². The molecule has 6 nitrogen and oxygen atoms in total. The number of rotatable bonds is 5. The van der Waals surface area contributed by atoms with E-state index in [0.717, 1.165) is 27.4 Å². The van der Waals surface area contributed by atoms with Crippen molar-refractivity contribution in [3.05, 3.63) is 59.4 Å². The van der Waals surface area contributed by atoms with Crippen molar-refractivity contribution in [3.63, 3.8) is 0 Å². The zero-order chi connectivity index (χ0) is 20.5.